The molecular formula is C17H18Cl2N4O. The highest BCUT2D eigenvalue weighted by atomic mass is 35.5. The highest BCUT2D eigenvalue weighted by Gasteiger charge is 2.23. The fraction of sp³-hybridized carbons (Fsp3) is 0.294. The number of anilines is 2. The maximum Gasteiger partial charge on any atom is 0.321 e. The Hall–Kier alpha value is -1.98. The number of hydrogen-bond acceptors (Lipinski definition) is 3. The van der Waals surface area contributed by atoms with Crippen molar-refractivity contribution in [3.8, 4) is 0 Å². The molecular weight excluding hydrogens is 347 g/mol. The number of rotatable bonds is 2. The van der Waals surface area contributed by atoms with E-state index in [0.29, 0.717) is 41.9 Å². The third-order valence-electron chi connectivity index (χ3n) is 4.03. The Morgan fingerprint density at radius 2 is 1.88 bits per heavy atom. The van der Waals surface area contributed by atoms with Crippen LogP contribution in [0.25, 0.3) is 0 Å². The summed E-state index contributed by atoms with van der Waals surface area (Å²) in [5.41, 5.74) is 1.68. The largest absolute Gasteiger partial charge is 0.352 e. The maximum absolute atomic E-state index is 12.4. The van der Waals surface area contributed by atoms with Gasteiger partial charge in [0.25, 0.3) is 0 Å². The standard InChI is InChI=1S/C17H18Cl2N4O/c1-12-4-5-13(11-15(12)19)21-17(24)23-9-7-22(8-10-23)16-14(18)3-2-6-20-16/h2-6,11H,7-10H2,1H3,(H,21,24). The summed E-state index contributed by atoms with van der Waals surface area (Å²) in [5, 5.41) is 4.16. The molecule has 1 N–H and O–H groups in total. The van der Waals surface area contributed by atoms with Gasteiger partial charge in [-0.1, -0.05) is 29.3 Å². The van der Waals surface area contributed by atoms with Crippen LogP contribution in [0.1, 0.15) is 5.56 Å². The van der Waals surface area contributed by atoms with Gasteiger partial charge in [0, 0.05) is 43.1 Å². The number of nitrogens with one attached hydrogen (secondary N) is 1. The van der Waals surface area contributed by atoms with Crippen molar-refractivity contribution < 1.29 is 4.79 Å². The molecule has 1 aliphatic heterocycles. The number of benzene rings is 1. The van der Waals surface area contributed by atoms with E-state index in [-0.39, 0.29) is 6.03 Å². The SMILES string of the molecule is Cc1ccc(NC(=O)N2CCN(c3ncccc3Cl)CC2)cc1Cl. The summed E-state index contributed by atoms with van der Waals surface area (Å²) in [6.45, 7) is 4.53. The van der Waals surface area contributed by atoms with Gasteiger partial charge in [0.15, 0.2) is 0 Å². The van der Waals surface area contributed by atoms with Gasteiger partial charge in [-0.05, 0) is 36.8 Å². The van der Waals surface area contributed by atoms with E-state index in [9.17, 15) is 4.79 Å². The van der Waals surface area contributed by atoms with Crippen LogP contribution in [0.4, 0.5) is 16.3 Å². The molecule has 0 aliphatic carbocycles. The molecule has 1 aromatic heterocycles. The van der Waals surface area contributed by atoms with E-state index in [4.69, 9.17) is 23.2 Å². The number of aryl methyl sites for hydroxylation is 1. The molecule has 1 fully saturated rings. The second-order valence-corrected chi connectivity index (χ2v) is 6.49. The minimum atomic E-state index is -0.123. The number of hydrogen-bond donors (Lipinski definition) is 1. The molecule has 1 aromatic carbocycles. The zero-order valence-electron chi connectivity index (χ0n) is 13.3. The average molecular weight is 365 g/mol. The van der Waals surface area contributed by atoms with Crippen molar-refractivity contribution in [1.29, 1.82) is 0 Å². The van der Waals surface area contributed by atoms with Gasteiger partial charge in [0.05, 0.1) is 5.02 Å². The van der Waals surface area contributed by atoms with E-state index < -0.39 is 0 Å². The number of urea groups is 1. The van der Waals surface area contributed by atoms with Crippen molar-refractivity contribution >= 4 is 40.7 Å². The lowest BCUT2D eigenvalue weighted by molar-refractivity contribution is 0.208. The monoisotopic (exact) mass is 364 g/mol. The maximum atomic E-state index is 12.4. The van der Waals surface area contributed by atoms with Crippen molar-refractivity contribution in [2.45, 2.75) is 6.92 Å². The number of nitrogens with zero attached hydrogens (tertiary/aromatic N) is 3. The third-order valence-corrected chi connectivity index (χ3v) is 4.73. The van der Waals surface area contributed by atoms with E-state index in [1.165, 1.54) is 0 Å². The fourth-order valence-corrected chi connectivity index (χ4v) is 3.03. The minimum Gasteiger partial charge on any atom is -0.352 e. The van der Waals surface area contributed by atoms with Crippen molar-refractivity contribution in [2.75, 3.05) is 36.4 Å². The van der Waals surface area contributed by atoms with E-state index in [0.717, 1.165) is 11.4 Å². The van der Waals surface area contributed by atoms with Gasteiger partial charge in [-0.25, -0.2) is 9.78 Å². The van der Waals surface area contributed by atoms with E-state index in [1.807, 2.05) is 31.2 Å². The summed E-state index contributed by atoms with van der Waals surface area (Å²) < 4.78 is 0. The number of aromatic nitrogens is 1. The first-order valence-electron chi connectivity index (χ1n) is 7.72. The summed E-state index contributed by atoms with van der Waals surface area (Å²) in [7, 11) is 0. The van der Waals surface area contributed by atoms with Crippen LogP contribution in [-0.4, -0.2) is 42.1 Å². The number of carbonyl (C=O) groups is 1. The second kappa shape index (κ2) is 7.28. The summed E-state index contributed by atoms with van der Waals surface area (Å²) in [6, 6.07) is 9.01. The highest BCUT2D eigenvalue weighted by Crippen LogP contribution is 2.24. The van der Waals surface area contributed by atoms with Crippen LogP contribution in [0, 0.1) is 6.92 Å². The summed E-state index contributed by atoms with van der Waals surface area (Å²) in [6.07, 6.45) is 1.72. The normalized spacial score (nSPS) is 14.6. The first-order valence-corrected chi connectivity index (χ1v) is 8.48. The van der Waals surface area contributed by atoms with Gasteiger partial charge in [0.2, 0.25) is 0 Å². The van der Waals surface area contributed by atoms with E-state index in [1.54, 1.807) is 17.2 Å². The van der Waals surface area contributed by atoms with Crippen molar-refractivity contribution in [2.24, 2.45) is 0 Å². The molecule has 1 saturated heterocycles. The number of pyridine rings is 1. The predicted octanol–water partition coefficient (Wildman–Crippen LogP) is 4.05. The zero-order chi connectivity index (χ0) is 17.1. The highest BCUT2D eigenvalue weighted by molar-refractivity contribution is 6.33. The van der Waals surface area contributed by atoms with Crippen LogP contribution >= 0.6 is 23.2 Å². The number of piperazine rings is 1. The molecule has 7 heteroatoms. The third kappa shape index (κ3) is 3.74. The molecule has 0 saturated carbocycles. The molecule has 2 amide bonds. The minimum absolute atomic E-state index is 0.123. The first kappa shape index (κ1) is 16.9. The lowest BCUT2D eigenvalue weighted by atomic mass is 10.2. The van der Waals surface area contributed by atoms with Crippen molar-refractivity contribution in [1.82, 2.24) is 9.88 Å². The van der Waals surface area contributed by atoms with Crippen LogP contribution in [0.5, 0.6) is 0 Å². The Balaban J connectivity index is 1.59. The van der Waals surface area contributed by atoms with Crippen LogP contribution in [0.3, 0.4) is 0 Å². The topological polar surface area (TPSA) is 48.5 Å². The van der Waals surface area contributed by atoms with E-state index >= 15 is 0 Å². The predicted molar refractivity (Wildman–Crippen MR) is 98.2 cm³/mol. The number of halogens is 2. The Kier molecular flexibility index (Phi) is 5.11. The molecule has 0 bridgehead atoms. The van der Waals surface area contributed by atoms with Gasteiger partial charge in [-0.3, -0.25) is 0 Å². The molecule has 24 heavy (non-hydrogen) atoms. The average Bonchev–Trinajstić information content (AvgIpc) is 2.59. The van der Waals surface area contributed by atoms with Crippen molar-refractivity contribution in [3.63, 3.8) is 0 Å². The lowest BCUT2D eigenvalue weighted by Gasteiger charge is -2.35. The van der Waals surface area contributed by atoms with E-state index in [2.05, 4.69) is 15.2 Å². The van der Waals surface area contributed by atoms with Crippen LogP contribution in [0.2, 0.25) is 10.0 Å². The van der Waals surface area contributed by atoms with Gasteiger partial charge >= 0.3 is 6.03 Å². The molecule has 0 spiro atoms. The molecule has 0 radical (unpaired) electrons. The molecule has 0 unspecified atom stereocenters. The Morgan fingerprint density at radius 1 is 1.12 bits per heavy atom. The van der Waals surface area contributed by atoms with Crippen LogP contribution in [0.15, 0.2) is 36.5 Å². The van der Waals surface area contributed by atoms with Gasteiger partial charge in [-0.15, -0.1) is 0 Å². The Labute approximate surface area is 151 Å². The number of amides is 2. The van der Waals surface area contributed by atoms with Crippen LogP contribution in [-0.2, 0) is 0 Å². The molecule has 1 aliphatic rings. The molecule has 0 atom stereocenters. The quantitative estimate of drug-likeness (QED) is 0.874. The lowest BCUT2D eigenvalue weighted by Crippen LogP contribution is -2.50. The fourth-order valence-electron chi connectivity index (χ4n) is 2.60. The Bertz CT molecular complexity index is 745. The van der Waals surface area contributed by atoms with Crippen molar-refractivity contribution in [3.05, 3.63) is 52.1 Å². The van der Waals surface area contributed by atoms with Crippen LogP contribution < -0.4 is 10.2 Å². The zero-order valence-corrected chi connectivity index (χ0v) is 14.8. The first-order chi connectivity index (χ1) is 11.5. The molecule has 5 nitrogen and oxygen atoms in total. The summed E-state index contributed by atoms with van der Waals surface area (Å²) in [4.78, 5) is 20.6. The Morgan fingerprint density at radius 3 is 2.54 bits per heavy atom. The summed E-state index contributed by atoms with van der Waals surface area (Å²) in [5.74, 6) is 0.768. The summed E-state index contributed by atoms with van der Waals surface area (Å²) >= 11 is 12.3. The molecule has 2 aromatic rings. The van der Waals surface area contributed by atoms with Gasteiger partial charge < -0.3 is 15.1 Å². The smallest absolute Gasteiger partial charge is 0.321 e. The molecule has 2 heterocycles. The molecule has 126 valence electrons. The molecule has 3 rings (SSSR count). The number of carbonyl (C=O) groups excluding carboxylic acids is 1. The van der Waals surface area contributed by atoms with Gasteiger partial charge in [-0.2, -0.15) is 0 Å². The van der Waals surface area contributed by atoms with Gasteiger partial charge in [0.1, 0.15) is 5.82 Å². The second-order valence-electron chi connectivity index (χ2n) is 5.68.